The Bertz CT molecular complexity index is 1390. The number of carbonyl (C=O) groups excluding carboxylic acids is 1. The summed E-state index contributed by atoms with van der Waals surface area (Å²) in [5.41, 5.74) is 1.64. The second kappa shape index (κ2) is 8.19. The predicted molar refractivity (Wildman–Crippen MR) is 128 cm³/mol. The summed E-state index contributed by atoms with van der Waals surface area (Å²) in [4.78, 5) is 13.8. The molecule has 4 aromatic carbocycles. The summed E-state index contributed by atoms with van der Waals surface area (Å²) in [6.45, 7) is 0. The van der Waals surface area contributed by atoms with Crippen LogP contribution in [0.15, 0.2) is 121 Å². The number of cyclic esters (lactones) is 1. The molecule has 0 N–H and O–H groups in total. The first kappa shape index (κ1) is 20.9. The quantitative estimate of drug-likeness (QED) is 0.388. The third-order valence-corrected chi connectivity index (χ3v) is 8.20. The van der Waals surface area contributed by atoms with Crippen molar-refractivity contribution in [2.24, 2.45) is 0 Å². The minimum Gasteiger partial charge on any atom is -0.423 e. The zero-order valence-corrected chi connectivity index (χ0v) is 18.4. The van der Waals surface area contributed by atoms with Crippen molar-refractivity contribution in [3.8, 4) is 0 Å². The van der Waals surface area contributed by atoms with Gasteiger partial charge in [-0.05, 0) is 16.7 Å². The van der Waals surface area contributed by atoms with Gasteiger partial charge in [-0.3, -0.25) is 0 Å². The molecule has 0 aromatic heterocycles. The van der Waals surface area contributed by atoms with Crippen molar-refractivity contribution in [1.82, 2.24) is 0 Å². The summed E-state index contributed by atoms with van der Waals surface area (Å²) in [6, 6.07) is 34.7. The minimum absolute atomic E-state index is 0.0124. The Morgan fingerprint density at radius 1 is 0.545 bits per heavy atom. The van der Waals surface area contributed by atoms with Crippen LogP contribution in [0.4, 0.5) is 0 Å². The van der Waals surface area contributed by atoms with Gasteiger partial charge in [-0.25, -0.2) is 13.2 Å². The average Bonchev–Trinajstić information content (AvgIpc) is 2.86. The number of sulfone groups is 1. The van der Waals surface area contributed by atoms with Gasteiger partial charge in [0.2, 0.25) is 14.6 Å². The lowest BCUT2D eigenvalue weighted by molar-refractivity contribution is -0.139. The third-order valence-electron chi connectivity index (χ3n) is 5.79. The predicted octanol–water partition coefficient (Wildman–Crippen LogP) is 5.43. The fourth-order valence-electron chi connectivity index (χ4n) is 4.31. The Labute approximate surface area is 192 Å². The molecule has 33 heavy (non-hydrogen) atoms. The van der Waals surface area contributed by atoms with Crippen LogP contribution in [0.1, 0.15) is 22.3 Å². The fourth-order valence-corrected chi connectivity index (χ4v) is 6.62. The zero-order valence-electron chi connectivity index (χ0n) is 17.6. The lowest BCUT2D eigenvalue weighted by Gasteiger charge is -2.37. The van der Waals surface area contributed by atoms with Gasteiger partial charge < -0.3 is 4.74 Å². The standard InChI is InChI=1S/C28H20O4S/c29-27-28(23-17-9-3-10-18-23,24-19-11-4-12-20-24)33(30,31)26(22-15-7-2-8-16-22)25(32-27)21-13-5-1-6-14-21/h1-20H. The number of carbonyl (C=O) groups is 1. The summed E-state index contributed by atoms with van der Waals surface area (Å²) >= 11 is 0. The summed E-state index contributed by atoms with van der Waals surface area (Å²) in [6.07, 6.45) is 0. The van der Waals surface area contributed by atoms with E-state index in [0.717, 1.165) is 0 Å². The van der Waals surface area contributed by atoms with Crippen LogP contribution in [0.2, 0.25) is 0 Å². The van der Waals surface area contributed by atoms with Gasteiger partial charge in [0.15, 0.2) is 5.76 Å². The number of benzene rings is 4. The smallest absolute Gasteiger partial charge is 0.342 e. The van der Waals surface area contributed by atoms with E-state index in [9.17, 15) is 13.2 Å². The van der Waals surface area contributed by atoms with E-state index in [-0.39, 0.29) is 10.7 Å². The lowest BCUT2D eigenvalue weighted by atomic mass is 9.90. The van der Waals surface area contributed by atoms with Gasteiger partial charge in [0.25, 0.3) is 0 Å². The Morgan fingerprint density at radius 3 is 1.39 bits per heavy atom. The molecule has 4 aromatic rings. The number of rotatable bonds is 4. The third kappa shape index (κ3) is 3.20. The maximum atomic E-state index is 14.7. The van der Waals surface area contributed by atoms with E-state index in [2.05, 4.69) is 0 Å². The molecule has 1 aliphatic heterocycles. The molecule has 162 valence electrons. The molecule has 0 saturated heterocycles. The molecule has 4 nitrogen and oxygen atoms in total. The molecular formula is C28H20O4S. The summed E-state index contributed by atoms with van der Waals surface area (Å²) < 4.78 is 33.3. The Balaban J connectivity index is 1.92. The number of hydrogen-bond donors (Lipinski definition) is 0. The van der Waals surface area contributed by atoms with Crippen molar-refractivity contribution < 1.29 is 17.9 Å². The summed E-state index contributed by atoms with van der Waals surface area (Å²) in [5.74, 6) is -0.812. The van der Waals surface area contributed by atoms with E-state index in [1.54, 1.807) is 109 Å². The molecular weight excluding hydrogens is 432 g/mol. The van der Waals surface area contributed by atoms with Crippen LogP contribution in [0.3, 0.4) is 0 Å². The fraction of sp³-hybridized carbons (Fsp3) is 0.0357. The summed E-state index contributed by atoms with van der Waals surface area (Å²) in [5, 5.41) is 0. The molecule has 0 spiro atoms. The second-order valence-corrected chi connectivity index (χ2v) is 9.72. The maximum Gasteiger partial charge on any atom is 0.342 e. The van der Waals surface area contributed by atoms with E-state index >= 15 is 0 Å². The van der Waals surface area contributed by atoms with Crippen molar-refractivity contribution in [2.75, 3.05) is 0 Å². The zero-order chi connectivity index (χ0) is 22.9. The van der Waals surface area contributed by atoms with Gasteiger partial charge in [-0.15, -0.1) is 0 Å². The maximum absolute atomic E-state index is 14.7. The van der Waals surface area contributed by atoms with Crippen molar-refractivity contribution in [3.63, 3.8) is 0 Å². The van der Waals surface area contributed by atoms with Crippen molar-refractivity contribution in [3.05, 3.63) is 144 Å². The van der Waals surface area contributed by atoms with Crippen LogP contribution >= 0.6 is 0 Å². The van der Waals surface area contributed by atoms with Gasteiger partial charge in [0.05, 0.1) is 0 Å². The number of esters is 1. The lowest BCUT2D eigenvalue weighted by Crippen LogP contribution is -2.48. The number of ether oxygens (including phenoxy) is 1. The van der Waals surface area contributed by atoms with E-state index in [1.165, 1.54) is 0 Å². The first-order valence-corrected chi connectivity index (χ1v) is 12.0. The first-order chi connectivity index (χ1) is 16.1. The van der Waals surface area contributed by atoms with Crippen LogP contribution in [-0.4, -0.2) is 14.4 Å². The van der Waals surface area contributed by atoms with Crippen LogP contribution in [0.5, 0.6) is 0 Å². The number of hydrogen-bond acceptors (Lipinski definition) is 4. The van der Waals surface area contributed by atoms with Gasteiger partial charge in [0, 0.05) is 5.56 Å². The van der Waals surface area contributed by atoms with Crippen LogP contribution in [0.25, 0.3) is 10.7 Å². The molecule has 5 heteroatoms. The average molecular weight is 453 g/mol. The van der Waals surface area contributed by atoms with Crippen LogP contribution in [0, 0.1) is 0 Å². The van der Waals surface area contributed by atoms with Gasteiger partial charge in [-0.1, -0.05) is 121 Å². The Kier molecular flexibility index (Phi) is 5.19. The highest BCUT2D eigenvalue weighted by atomic mass is 32.2. The SMILES string of the molecule is O=C1OC(c2ccccc2)=C(c2ccccc2)S(=O)(=O)C1(c1ccccc1)c1ccccc1. The molecule has 0 bridgehead atoms. The van der Waals surface area contributed by atoms with Crippen LogP contribution < -0.4 is 0 Å². The molecule has 0 fully saturated rings. The van der Waals surface area contributed by atoms with Crippen molar-refractivity contribution in [2.45, 2.75) is 4.75 Å². The highest BCUT2D eigenvalue weighted by Gasteiger charge is 2.60. The Hall–Kier alpha value is -3.96. The Morgan fingerprint density at radius 2 is 0.939 bits per heavy atom. The molecule has 0 saturated carbocycles. The molecule has 0 radical (unpaired) electrons. The van der Waals surface area contributed by atoms with Gasteiger partial charge in [-0.2, -0.15) is 0 Å². The normalized spacial score (nSPS) is 16.8. The van der Waals surface area contributed by atoms with Crippen molar-refractivity contribution in [1.29, 1.82) is 0 Å². The van der Waals surface area contributed by atoms with E-state index in [0.29, 0.717) is 22.3 Å². The van der Waals surface area contributed by atoms with Crippen molar-refractivity contribution >= 4 is 26.5 Å². The monoisotopic (exact) mass is 452 g/mol. The highest BCUT2D eigenvalue weighted by Crippen LogP contribution is 2.51. The van der Waals surface area contributed by atoms with E-state index < -0.39 is 20.6 Å². The highest BCUT2D eigenvalue weighted by molar-refractivity contribution is 8.02. The van der Waals surface area contributed by atoms with Gasteiger partial charge in [0.1, 0.15) is 4.91 Å². The molecule has 0 amide bonds. The molecule has 5 rings (SSSR count). The minimum atomic E-state index is -4.33. The summed E-state index contributed by atoms with van der Waals surface area (Å²) in [7, 11) is -4.33. The van der Waals surface area contributed by atoms with Gasteiger partial charge >= 0.3 is 5.97 Å². The molecule has 0 atom stereocenters. The second-order valence-electron chi connectivity index (χ2n) is 7.70. The van der Waals surface area contributed by atoms with E-state index in [4.69, 9.17) is 4.74 Å². The molecule has 0 unspecified atom stereocenters. The molecule has 0 aliphatic carbocycles. The molecule has 1 aliphatic rings. The topological polar surface area (TPSA) is 60.4 Å². The van der Waals surface area contributed by atoms with Crippen LogP contribution in [-0.2, 0) is 24.1 Å². The first-order valence-electron chi connectivity index (χ1n) is 10.5. The van der Waals surface area contributed by atoms with E-state index in [1.807, 2.05) is 12.1 Å². The largest absolute Gasteiger partial charge is 0.423 e. The molecule has 1 heterocycles.